The van der Waals surface area contributed by atoms with Crippen molar-refractivity contribution in [3.8, 4) is 5.88 Å². The molecular formula is C14H8N6O7. The molecule has 2 N–H and O–H groups in total. The van der Waals surface area contributed by atoms with Gasteiger partial charge in [-0.15, -0.1) is 10.2 Å². The Kier molecular flexibility index (Phi) is 4.17. The van der Waals surface area contributed by atoms with Crippen molar-refractivity contribution in [1.29, 1.82) is 0 Å². The number of nitrogens with zero attached hydrogens (tertiary/aromatic N) is 5. The molecule has 0 aliphatic rings. The lowest BCUT2D eigenvalue weighted by Crippen LogP contribution is -1.92. The molecule has 0 radical (unpaired) electrons. The first kappa shape index (κ1) is 17.4. The maximum atomic E-state index is 11.1. The van der Waals surface area contributed by atoms with Crippen LogP contribution in [0.1, 0.15) is 0 Å². The minimum Gasteiger partial charge on any atom is -0.493 e. The Labute approximate surface area is 148 Å². The molecular weight excluding hydrogens is 364 g/mol. The molecule has 1 aromatic heterocycles. The van der Waals surface area contributed by atoms with Gasteiger partial charge in [-0.2, -0.15) is 0 Å². The Balaban J connectivity index is 2.10. The number of fused-ring (bicyclic) bond motifs is 1. The number of aromatic amines is 1. The van der Waals surface area contributed by atoms with Gasteiger partial charge in [-0.1, -0.05) is 0 Å². The van der Waals surface area contributed by atoms with E-state index < -0.39 is 32.0 Å². The van der Waals surface area contributed by atoms with Crippen LogP contribution in [0.25, 0.3) is 10.9 Å². The van der Waals surface area contributed by atoms with E-state index in [1.54, 1.807) is 0 Å². The number of azo groups is 1. The minimum absolute atomic E-state index is 0.165. The smallest absolute Gasteiger partial charge is 0.303 e. The van der Waals surface area contributed by atoms with Gasteiger partial charge in [-0.3, -0.25) is 30.3 Å². The SMILES string of the molecule is O=[N+]([O-])c1ccc(N=Nc2c(O)[nH]c3ccc([N+](=O)[O-])cc23)c([N+](=O)[O-])c1. The number of non-ortho nitro benzene ring substituents is 2. The van der Waals surface area contributed by atoms with Gasteiger partial charge in [0, 0.05) is 23.6 Å². The normalized spacial score (nSPS) is 11.1. The average molecular weight is 372 g/mol. The highest BCUT2D eigenvalue weighted by Gasteiger charge is 2.20. The van der Waals surface area contributed by atoms with Crippen LogP contribution in [-0.2, 0) is 0 Å². The van der Waals surface area contributed by atoms with Crippen LogP contribution in [0.15, 0.2) is 46.6 Å². The molecule has 1 heterocycles. The predicted molar refractivity (Wildman–Crippen MR) is 90.5 cm³/mol. The highest BCUT2D eigenvalue weighted by Crippen LogP contribution is 2.39. The van der Waals surface area contributed by atoms with Crippen LogP contribution in [0, 0.1) is 30.3 Å². The van der Waals surface area contributed by atoms with Gasteiger partial charge in [0.2, 0.25) is 5.88 Å². The maximum absolute atomic E-state index is 11.1. The molecule has 0 aliphatic heterocycles. The third kappa shape index (κ3) is 3.23. The fourth-order valence-electron chi connectivity index (χ4n) is 2.33. The van der Waals surface area contributed by atoms with Crippen LogP contribution in [0.2, 0.25) is 0 Å². The Morgan fingerprint density at radius 1 is 0.852 bits per heavy atom. The number of rotatable bonds is 5. The third-order valence-corrected chi connectivity index (χ3v) is 3.57. The van der Waals surface area contributed by atoms with Gasteiger partial charge in [-0.25, -0.2) is 0 Å². The molecule has 0 saturated heterocycles. The summed E-state index contributed by atoms with van der Waals surface area (Å²) in [6.45, 7) is 0. The number of aromatic hydroxyl groups is 1. The van der Waals surface area contributed by atoms with Crippen LogP contribution in [-0.4, -0.2) is 24.9 Å². The quantitative estimate of drug-likeness (QED) is 0.384. The molecule has 13 heteroatoms. The molecule has 0 atom stereocenters. The Hall–Kier alpha value is -4.42. The Bertz CT molecular complexity index is 1140. The van der Waals surface area contributed by atoms with E-state index in [4.69, 9.17) is 0 Å². The van der Waals surface area contributed by atoms with Crippen LogP contribution in [0.5, 0.6) is 5.88 Å². The van der Waals surface area contributed by atoms with Crippen LogP contribution in [0.4, 0.5) is 28.4 Å². The third-order valence-electron chi connectivity index (χ3n) is 3.57. The van der Waals surface area contributed by atoms with Crippen molar-refractivity contribution in [2.75, 3.05) is 0 Å². The van der Waals surface area contributed by atoms with Crippen molar-refractivity contribution in [1.82, 2.24) is 4.98 Å². The second-order valence-electron chi connectivity index (χ2n) is 5.20. The van der Waals surface area contributed by atoms with Gasteiger partial charge in [0.15, 0.2) is 11.4 Å². The largest absolute Gasteiger partial charge is 0.493 e. The fraction of sp³-hybridized carbons (Fsp3) is 0. The number of nitro groups is 3. The summed E-state index contributed by atoms with van der Waals surface area (Å²) in [5.41, 5.74) is -1.51. The van der Waals surface area contributed by atoms with E-state index >= 15 is 0 Å². The summed E-state index contributed by atoms with van der Waals surface area (Å²) in [6.07, 6.45) is 0. The van der Waals surface area contributed by atoms with Gasteiger partial charge < -0.3 is 10.1 Å². The molecule has 13 nitrogen and oxygen atoms in total. The van der Waals surface area contributed by atoms with E-state index in [0.29, 0.717) is 5.52 Å². The number of nitrogens with one attached hydrogen (secondary N) is 1. The first-order chi connectivity index (χ1) is 12.8. The Morgan fingerprint density at radius 3 is 2.11 bits per heavy atom. The van der Waals surface area contributed by atoms with E-state index in [1.807, 2.05) is 0 Å². The number of aromatic nitrogens is 1. The first-order valence-electron chi connectivity index (χ1n) is 7.11. The van der Waals surface area contributed by atoms with Gasteiger partial charge >= 0.3 is 5.69 Å². The molecule has 27 heavy (non-hydrogen) atoms. The molecule has 0 bridgehead atoms. The van der Waals surface area contributed by atoms with E-state index in [9.17, 15) is 35.4 Å². The molecule has 0 amide bonds. The summed E-state index contributed by atoms with van der Waals surface area (Å²) in [6, 6.07) is 6.52. The van der Waals surface area contributed by atoms with Gasteiger partial charge in [0.1, 0.15) is 0 Å². The maximum Gasteiger partial charge on any atom is 0.303 e. The van der Waals surface area contributed by atoms with Gasteiger partial charge in [0.25, 0.3) is 11.4 Å². The topological polar surface area (TPSA) is 190 Å². The standard InChI is InChI=1S/C14H8N6O7/c21-14-13(9-5-7(18(22)23)1-3-10(9)15-14)17-16-11-4-2-8(19(24)25)6-12(11)20(26)27/h1-6,15,21H. The van der Waals surface area contributed by atoms with Crippen molar-refractivity contribution in [2.45, 2.75) is 0 Å². The average Bonchev–Trinajstić information content (AvgIpc) is 2.93. The van der Waals surface area contributed by atoms with Crippen LogP contribution >= 0.6 is 0 Å². The highest BCUT2D eigenvalue weighted by atomic mass is 16.6. The van der Waals surface area contributed by atoms with Gasteiger partial charge in [0.05, 0.1) is 26.4 Å². The second kappa shape index (κ2) is 6.47. The summed E-state index contributed by atoms with van der Waals surface area (Å²) in [5, 5.41) is 50.3. The summed E-state index contributed by atoms with van der Waals surface area (Å²) < 4.78 is 0. The van der Waals surface area contributed by atoms with Crippen molar-refractivity contribution < 1.29 is 19.9 Å². The lowest BCUT2D eigenvalue weighted by Gasteiger charge is -1.97. The minimum atomic E-state index is -0.860. The lowest BCUT2D eigenvalue weighted by atomic mass is 10.2. The van der Waals surface area contributed by atoms with E-state index in [2.05, 4.69) is 15.2 Å². The zero-order valence-corrected chi connectivity index (χ0v) is 13.1. The predicted octanol–water partition coefficient (Wildman–Crippen LogP) is 4.01. The number of H-pyrrole nitrogens is 1. The summed E-state index contributed by atoms with van der Waals surface area (Å²) in [4.78, 5) is 33.0. The van der Waals surface area contributed by atoms with Crippen molar-refractivity contribution in [3.63, 3.8) is 0 Å². The highest BCUT2D eigenvalue weighted by molar-refractivity contribution is 5.95. The molecule has 3 aromatic rings. The summed E-state index contributed by atoms with van der Waals surface area (Å²) in [5.74, 6) is -0.446. The monoisotopic (exact) mass is 372 g/mol. The zero-order chi connectivity index (χ0) is 19.7. The van der Waals surface area contributed by atoms with E-state index in [1.165, 1.54) is 12.1 Å². The number of nitro benzene ring substituents is 3. The zero-order valence-electron chi connectivity index (χ0n) is 13.1. The Morgan fingerprint density at radius 2 is 1.48 bits per heavy atom. The molecule has 0 spiro atoms. The van der Waals surface area contributed by atoms with Crippen molar-refractivity contribution in [3.05, 3.63) is 66.7 Å². The molecule has 0 unspecified atom stereocenters. The number of benzene rings is 2. The molecule has 0 aliphatic carbocycles. The number of hydrogen-bond donors (Lipinski definition) is 2. The van der Waals surface area contributed by atoms with Crippen LogP contribution < -0.4 is 0 Å². The molecule has 3 rings (SSSR count). The lowest BCUT2D eigenvalue weighted by molar-refractivity contribution is -0.393. The van der Waals surface area contributed by atoms with E-state index in [0.717, 1.165) is 24.3 Å². The van der Waals surface area contributed by atoms with Gasteiger partial charge in [-0.05, 0) is 12.1 Å². The number of hydrogen-bond acceptors (Lipinski definition) is 9. The summed E-state index contributed by atoms with van der Waals surface area (Å²) >= 11 is 0. The van der Waals surface area contributed by atoms with Crippen LogP contribution in [0.3, 0.4) is 0 Å². The fourth-order valence-corrected chi connectivity index (χ4v) is 2.33. The van der Waals surface area contributed by atoms with Crippen molar-refractivity contribution in [2.24, 2.45) is 10.2 Å². The van der Waals surface area contributed by atoms with Crippen molar-refractivity contribution >= 4 is 39.3 Å². The van der Waals surface area contributed by atoms with E-state index in [-0.39, 0.29) is 22.4 Å². The first-order valence-corrected chi connectivity index (χ1v) is 7.11. The second-order valence-corrected chi connectivity index (χ2v) is 5.20. The molecule has 136 valence electrons. The summed E-state index contributed by atoms with van der Waals surface area (Å²) in [7, 11) is 0. The molecule has 0 saturated carbocycles. The molecule has 0 fully saturated rings. The molecule has 2 aromatic carbocycles.